The van der Waals surface area contributed by atoms with Gasteiger partial charge >= 0.3 is 0 Å². The van der Waals surface area contributed by atoms with Crippen LogP contribution in [0.2, 0.25) is 0 Å². The van der Waals surface area contributed by atoms with Gasteiger partial charge in [-0.05, 0) is 63.3 Å². The number of piperidine rings is 2. The van der Waals surface area contributed by atoms with Gasteiger partial charge in [-0.3, -0.25) is 14.5 Å². The molecule has 1 aromatic carbocycles. The lowest BCUT2D eigenvalue weighted by Gasteiger charge is -2.42. The molecule has 0 aliphatic carbocycles. The number of phenolic OH excluding ortho intramolecular Hbond substituents is 1. The summed E-state index contributed by atoms with van der Waals surface area (Å²) < 4.78 is 0. The minimum atomic E-state index is -0.00455. The van der Waals surface area contributed by atoms with Crippen LogP contribution in [0.3, 0.4) is 0 Å². The summed E-state index contributed by atoms with van der Waals surface area (Å²) >= 11 is 0. The Morgan fingerprint density at radius 1 is 0.893 bits per heavy atom. The molecule has 4 rings (SSSR count). The highest BCUT2D eigenvalue weighted by Crippen LogP contribution is 2.27. The lowest BCUT2D eigenvalue weighted by atomic mass is 9.92. The molecule has 3 saturated heterocycles. The number of amides is 2. The maximum absolute atomic E-state index is 12.8. The largest absolute Gasteiger partial charge is 0.508 e. The van der Waals surface area contributed by atoms with Crippen LogP contribution in [0.5, 0.6) is 5.75 Å². The van der Waals surface area contributed by atoms with E-state index in [0.717, 1.165) is 77.8 Å². The van der Waals surface area contributed by atoms with E-state index in [0.29, 0.717) is 17.5 Å². The number of benzene rings is 1. The van der Waals surface area contributed by atoms with Crippen LogP contribution in [0.25, 0.3) is 0 Å². The predicted octanol–water partition coefficient (Wildman–Crippen LogP) is 2.33. The highest BCUT2D eigenvalue weighted by molar-refractivity contribution is 5.94. The van der Waals surface area contributed by atoms with Gasteiger partial charge in [0.25, 0.3) is 5.91 Å². The zero-order chi connectivity index (χ0) is 19.5. The van der Waals surface area contributed by atoms with E-state index in [2.05, 4.69) is 9.80 Å². The second-order valence-electron chi connectivity index (χ2n) is 8.44. The van der Waals surface area contributed by atoms with Crippen molar-refractivity contribution < 1.29 is 14.7 Å². The number of aromatic hydroxyl groups is 1. The van der Waals surface area contributed by atoms with Crippen molar-refractivity contribution in [2.75, 3.05) is 39.3 Å². The summed E-state index contributed by atoms with van der Waals surface area (Å²) in [6, 6.07) is 7.04. The first-order chi connectivity index (χ1) is 13.6. The minimum absolute atomic E-state index is 0.00455. The topological polar surface area (TPSA) is 64.1 Å². The molecule has 6 nitrogen and oxygen atoms in total. The van der Waals surface area contributed by atoms with Crippen LogP contribution >= 0.6 is 0 Å². The van der Waals surface area contributed by atoms with E-state index < -0.39 is 0 Å². The molecule has 28 heavy (non-hydrogen) atoms. The van der Waals surface area contributed by atoms with Gasteiger partial charge < -0.3 is 14.9 Å². The molecule has 3 aliphatic rings. The van der Waals surface area contributed by atoms with Gasteiger partial charge in [-0.15, -0.1) is 0 Å². The van der Waals surface area contributed by atoms with E-state index in [9.17, 15) is 14.7 Å². The van der Waals surface area contributed by atoms with E-state index in [1.54, 1.807) is 18.2 Å². The number of nitrogens with zero attached hydrogens (tertiary/aromatic N) is 3. The number of likely N-dealkylation sites (tertiary alicyclic amines) is 3. The Balaban J connectivity index is 1.30. The van der Waals surface area contributed by atoms with Crippen LogP contribution in [0.1, 0.15) is 48.9 Å². The van der Waals surface area contributed by atoms with Crippen molar-refractivity contribution in [2.24, 2.45) is 5.92 Å². The lowest BCUT2D eigenvalue weighted by Crippen LogP contribution is -2.51. The van der Waals surface area contributed by atoms with E-state index in [1.165, 1.54) is 6.07 Å². The van der Waals surface area contributed by atoms with Crippen molar-refractivity contribution >= 4 is 11.8 Å². The maximum atomic E-state index is 12.8. The zero-order valence-electron chi connectivity index (χ0n) is 16.6. The fourth-order valence-electron chi connectivity index (χ4n) is 4.99. The molecule has 152 valence electrons. The summed E-state index contributed by atoms with van der Waals surface area (Å²) in [4.78, 5) is 31.9. The molecule has 2 amide bonds. The van der Waals surface area contributed by atoms with E-state index in [4.69, 9.17) is 0 Å². The molecule has 3 aliphatic heterocycles. The highest BCUT2D eigenvalue weighted by atomic mass is 16.3. The predicted molar refractivity (Wildman–Crippen MR) is 107 cm³/mol. The van der Waals surface area contributed by atoms with Gasteiger partial charge in [-0.1, -0.05) is 6.07 Å². The normalized spacial score (nSPS) is 24.5. The Bertz CT molecular complexity index is 709. The number of hydrogen-bond donors (Lipinski definition) is 1. The quantitative estimate of drug-likeness (QED) is 0.867. The molecule has 0 spiro atoms. The molecule has 1 N–H and O–H groups in total. The van der Waals surface area contributed by atoms with Gasteiger partial charge in [0.15, 0.2) is 0 Å². The van der Waals surface area contributed by atoms with E-state index >= 15 is 0 Å². The summed E-state index contributed by atoms with van der Waals surface area (Å²) in [5, 5.41) is 9.61. The Morgan fingerprint density at radius 3 is 2.36 bits per heavy atom. The number of phenols is 1. The fraction of sp³-hybridized carbons (Fsp3) is 0.636. The molecule has 1 unspecified atom stereocenters. The van der Waals surface area contributed by atoms with Crippen molar-refractivity contribution in [3.8, 4) is 5.75 Å². The van der Waals surface area contributed by atoms with Crippen molar-refractivity contribution in [2.45, 2.75) is 44.6 Å². The van der Waals surface area contributed by atoms with Crippen molar-refractivity contribution in [1.29, 1.82) is 0 Å². The first-order valence-electron chi connectivity index (χ1n) is 10.7. The first kappa shape index (κ1) is 19.2. The monoisotopic (exact) mass is 385 g/mol. The van der Waals surface area contributed by atoms with Crippen LogP contribution < -0.4 is 0 Å². The van der Waals surface area contributed by atoms with Gasteiger partial charge in [0.05, 0.1) is 5.92 Å². The van der Waals surface area contributed by atoms with Crippen LogP contribution in [0, 0.1) is 5.92 Å². The maximum Gasteiger partial charge on any atom is 0.253 e. The zero-order valence-corrected chi connectivity index (χ0v) is 16.6. The van der Waals surface area contributed by atoms with Crippen molar-refractivity contribution in [1.82, 2.24) is 14.7 Å². The average Bonchev–Trinajstić information content (AvgIpc) is 3.28. The third-order valence-corrected chi connectivity index (χ3v) is 6.58. The average molecular weight is 386 g/mol. The standard InChI is InChI=1S/C22H31N3O3/c26-20-7-3-5-17(15-20)21(27)24-13-8-19(9-14-24)25-12-4-6-18(16-25)22(28)23-10-1-2-11-23/h3,5,7,15,18-19,26H,1-2,4,6,8-14,16H2. The van der Waals surface area contributed by atoms with Crippen LogP contribution in [0.4, 0.5) is 0 Å². The Labute approximate surface area is 167 Å². The van der Waals surface area contributed by atoms with Crippen LogP contribution in [0.15, 0.2) is 24.3 Å². The molecular formula is C22H31N3O3. The fourth-order valence-corrected chi connectivity index (χ4v) is 4.99. The lowest BCUT2D eigenvalue weighted by molar-refractivity contribution is -0.136. The Morgan fingerprint density at radius 2 is 1.64 bits per heavy atom. The summed E-state index contributed by atoms with van der Waals surface area (Å²) in [7, 11) is 0. The van der Waals surface area contributed by atoms with Crippen molar-refractivity contribution in [3.63, 3.8) is 0 Å². The molecule has 1 atom stereocenters. The minimum Gasteiger partial charge on any atom is -0.508 e. The molecule has 0 bridgehead atoms. The molecule has 0 aromatic heterocycles. The third kappa shape index (κ3) is 4.17. The summed E-state index contributed by atoms with van der Waals surface area (Å²) in [5.41, 5.74) is 0.549. The van der Waals surface area contributed by atoms with Gasteiger partial charge in [-0.2, -0.15) is 0 Å². The summed E-state index contributed by atoms with van der Waals surface area (Å²) in [5.74, 6) is 0.635. The van der Waals surface area contributed by atoms with E-state index in [-0.39, 0.29) is 17.6 Å². The summed E-state index contributed by atoms with van der Waals surface area (Å²) in [6.07, 6.45) is 6.30. The number of rotatable bonds is 3. The van der Waals surface area contributed by atoms with Gasteiger partial charge in [-0.25, -0.2) is 0 Å². The Kier molecular flexibility index (Phi) is 5.85. The van der Waals surface area contributed by atoms with Crippen molar-refractivity contribution in [3.05, 3.63) is 29.8 Å². The molecule has 3 fully saturated rings. The third-order valence-electron chi connectivity index (χ3n) is 6.58. The number of carbonyl (C=O) groups excluding carboxylic acids is 2. The Hall–Kier alpha value is -2.08. The van der Waals surface area contributed by atoms with Gasteiger partial charge in [0, 0.05) is 44.3 Å². The molecule has 3 heterocycles. The number of carbonyl (C=O) groups is 2. The van der Waals surface area contributed by atoms with Gasteiger partial charge in [0.2, 0.25) is 5.91 Å². The smallest absolute Gasteiger partial charge is 0.253 e. The molecule has 0 saturated carbocycles. The van der Waals surface area contributed by atoms with E-state index in [1.807, 2.05) is 4.90 Å². The van der Waals surface area contributed by atoms with Gasteiger partial charge in [0.1, 0.15) is 5.75 Å². The SMILES string of the molecule is O=C(c1cccc(O)c1)N1CCC(N2CCCC(C(=O)N3CCCC3)C2)CC1. The molecule has 1 aromatic rings. The van der Waals surface area contributed by atoms with Crippen LogP contribution in [-0.2, 0) is 4.79 Å². The first-order valence-corrected chi connectivity index (χ1v) is 10.7. The van der Waals surface area contributed by atoms with Crippen LogP contribution in [-0.4, -0.2) is 76.9 Å². The highest BCUT2D eigenvalue weighted by Gasteiger charge is 2.34. The summed E-state index contributed by atoms with van der Waals surface area (Å²) in [6.45, 7) is 5.28. The molecule has 0 radical (unpaired) electrons. The second-order valence-corrected chi connectivity index (χ2v) is 8.44. The second kappa shape index (κ2) is 8.52. The number of hydrogen-bond acceptors (Lipinski definition) is 4. The molecule has 6 heteroatoms. The molecular weight excluding hydrogens is 354 g/mol.